The van der Waals surface area contributed by atoms with Crippen LogP contribution in [0.2, 0.25) is 0 Å². The van der Waals surface area contributed by atoms with Crippen LogP contribution in [0.25, 0.3) is 0 Å². The maximum absolute atomic E-state index is 11.4. The Morgan fingerprint density at radius 3 is 2.53 bits per heavy atom. The van der Waals surface area contributed by atoms with Crippen molar-refractivity contribution in [1.82, 2.24) is 5.32 Å². The van der Waals surface area contributed by atoms with E-state index in [4.69, 9.17) is 6.42 Å². The van der Waals surface area contributed by atoms with Gasteiger partial charge in [0.2, 0.25) is 5.91 Å². The molecule has 0 spiro atoms. The highest BCUT2D eigenvalue weighted by molar-refractivity contribution is 5.78. The first-order valence-corrected chi connectivity index (χ1v) is 6.04. The van der Waals surface area contributed by atoms with Crippen molar-refractivity contribution in [2.45, 2.75) is 32.6 Å². The lowest BCUT2D eigenvalue weighted by Crippen LogP contribution is -2.25. The zero-order chi connectivity index (χ0) is 12.5. The Bertz CT molecular complexity index is 386. The smallest absolute Gasteiger partial charge is 0.225 e. The van der Waals surface area contributed by atoms with E-state index in [9.17, 15) is 4.79 Å². The highest BCUT2D eigenvalue weighted by Crippen LogP contribution is 2.08. The number of terminal acetylenes is 1. The quantitative estimate of drug-likeness (QED) is 0.745. The molecule has 0 unspecified atom stereocenters. The van der Waals surface area contributed by atoms with Crippen molar-refractivity contribution in [3.8, 4) is 12.3 Å². The van der Waals surface area contributed by atoms with Gasteiger partial charge in [-0.05, 0) is 24.0 Å². The van der Waals surface area contributed by atoms with Gasteiger partial charge >= 0.3 is 0 Å². The number of nitrogens with one attached hydrogen (secondary N) is 1. The van der Waals surface area contributed by atoms with Gasteiger partial charge in [0, 0.05) is 0 Å². The molecule has 1 aromatic rings. The fourth-order valence-electron chi connectivity index (χ4n) is 1.60. The number of benzene rings is 1. The Labute approximate surface area is 103 Å². The van der Waals surface area contributed by atoms with Gasteiger partial charge in [-0.2, -0.15) is 0 Å². The van der Waals surface area contributed by atoms with E-state index in [1.54, 1.807) is 0 Å². The molecule has 0 aliphatic heterocycles. The van der Waals surface area contributed by atoms with E-state index in [1.165, 1.54) is 18.4 Å². The molecule has 0 radical (unpaired) electrons. The SMILES string of the molecule is C#CCNC(=O)Cc1ccc(CCCC)cc1. The Kier molecular flexibility index (Phi) is 5.88. The van der Waals surface area contributed by atoms with Crippen LogP contribution in [-0.4, -0.2) is 12.5 Å². The third kappa shape index (κ3) is 5.21. The summed E-state index contributed by atoms with van der Waals surface area (Å²) in [5, 5.41) is 2.65. The molecule has 0 heterocycles. The van der Waals surface area contributed by atoms with Crippen LogP contribution < -0.4 is 5.32 Å². The molecule has 0 bridgehead atoms. The van der Waals surface area contributed by atoms with E-state index < -0.39 is 0 Å². The summed E-state index contributed by atoms with van der Waals surface area (Å²) in [6.45, 7) is 2.48. The van der Waals surface area contributed by atoms with Gasteiger partial charge in [-0.3, -0.25) is 4.79 Å². The van der Waals surface area contributed by atoms with Crippen molar-refractivity contribution in [1.29, 1.82) is 0 Å². The van der Waals surface area contributed by atoms with Crippen LogP contribution in [0.3, 0.4) is 0 Å². The van der Waals surface area contributed by atoms with Gasteiger partial charge in [-0.15, -0.1) is 6.42 Å². The number of carbonyl (C=O) groups excluding carboxylic acids is 1. The fourth-order valence-corrected chi connectivity index (χ4v) is 1.60. The highest BCUT2D eigenvalue weighted by Gasteiger charge is 2.01. The minimum absolute atomic E-state index is 0.0238. The van der Waals surface area contributed by atoms with E-state index in [0.29, 0.717) is 13.0 Å². The van der Waals surface area contributed by atoms with Crippen LogP contribution in [0.4, 0.5) is 0 Å². The molecular weight excluding hydrogens is 210 g/mol. The molecule has 2 heteroatoms. The maximum atomic E-state index is 11.4. The molecule has 0 saturated heterocycles. The average Bonchev–Trinajstić information content (AvgIpc) is 2.35. The molecule has 0 aliphatic carbocycles. The Morgan fingerprint density at radius 1 is 1.29 bits per heavy atom. The molecule has 2 nitrogen and oxygen atoms in total. The van der Waals surface area contributed by atoms with Crippen molar-refractivity contribution < 1.29 is 4.79 Å². The minimum Gasteiger partial charge on any atom is -0.345 e. The Morgan fingerprint density at radius 2 is 1.94 bits per heavy atom. The maximum Gasteiger partial charge on any atom is 0.225 e. The van der Waals surface area contributed by atoms with E-state index in [-0.39, 0.29) is 5.91 Å². The van der Waals surface area contributed by atoms with Crippen LogP contribution in [-0.2, 0) is 17.6 Å². The summed E-state index contributed by atoms with van der Waals surface area (Å²) in [5.41, 5.74) is 2.36. The number of aryl methyl sites for hydroxylation is 1. The molecule has 1 amide bonds. The summed E-state index contributed by atoms with van der Waals surface area (Å²) < 4.78 is 0. The molecule has 0 saturated carbocycles. The summed E-state index contributed by atoms with van der Waals surface area (Å²) in [7, 11) is 0. The number of amides is 1. The standard InChI is InChI=1S/C15H19NO/c1-3-5-6-13-7-9-14(10-8-13)12-15(17)16-11-4-2/h2,7-10H,3,5-6,11-12H2,1H3,(H,16,17). The topological polar surface area (TPSA) is 29.1 Å². The van der Waals surface area contributed by atoms with Gasteiger partial charge < -0.3 is 5.32 Å². The lowest BCUT2D eigenvalue weighted by Gasteiger charge is -2.04. The molecule has 90 valence electrons. The molecule has 17 heavy (non-hydrogen) atoms. The van der Waals surface area contributed by atoms with Gasteiger partial charge in [0.1, 0.15) is 0 Å². The number of hydrogen-bond acceptors (Lipinski definition) is 1. The second kappa shape index (κ2) is 7.51. The first-order chi connectivity index (χ1) is 8.26. The lowest BCUT2D eigenvalue weighted by molar-refractivity contribution is -0.120. The first-order valence-electron chi connectivity index (χ1n) is 6.04. The van der Waals surface area contributed by atoms with Gasteiger partial charge in [-0.1, -0.05) is 43.5 Å². The van der Waals surface area contributed by atoms with E-state index in [1.807, 2.05) is 12.1 Å². The van der Waals surface area contributed by atoms with Crippen LogP contribution in [0, 0.1) is 12.3 Å². The molecule has 0 aliphatic rings. The predicted octanol–water partition coefficient (Wildman–Crippen LogP) is 2.32. The number of unbranched alkanes of at least 4 members (excludes halogenated alkanes) is 1. The Balaban J connectivity index is 2.45. The van der Waals surface area contributed by atoms with Gasteiger partial charge in [0.15, 0.2) is 0 Å². The molecule has 1 rings (SSSR count). The van der Waals surface area contributed by atoms with Crippen molar-refractivity contribution in [2.75, 3.05) is 6.54 Å². The normalized spacial score (nSPS) is 9.65. The number of carbonyl (C=O) groups is 1. The van der Waals surface area contributed by atoms with Crippen molar-refractivity contribution in [3.63, 3.8) is 0 Å². The van der Waals surface area contributed by atoms with Crippen LogP contribution in [0.5, 0.6) is 0 Å². The highest BCUT2D eigenvalue weighted by atomic mass is 16.1. The summed E-state index contributed by atoms with van der Waals surface area (Å²) in [6, 6.07) is 8.22. The molecular formula is C15H19NO. The summed E-state index contributed by atoms with van der Waals surface area (Å²) in [5.74, 6) is 2.36. The summed E-state index contributed by atoms with van der Waals surface area (Å²) in [4.78, 5) is 11.4. The van der Waals surface area contributed by atoms with E-state index in [0.717, 1.165) is 12.0 Å². The monoisotopic (exact) mass is 229 g/mol. The van der Waals surface area contributed by atoms with E-state index in [2.05, 4.69) is 30.3 Å². The molecule has 0 aromatic heterocycles. The van der Waals surface area contributed by atoms with Crippen molar-refractivity contribution in [3.05, 3.63) is 35.4 Å². The molecule has 1 N–H and O–H groups in total. The summed E-state index contributed by atoms with van der Waals surface area (Å²) in [6.07, 6.45) is 9.00. The van der Waals surface area contributed by atoms with Crippen LogP contribution in [0.15, 0.2) is 24.3 Å². The van der Waals surface area contributed by atoms with Crippen molar-refractivity contribution in [2.24, 2.45) is 0 Å². The van der Waals surface area contributed by atoms with Crippen LogP contribution >= 0.6 is 0 Å². The zero-order valence-corrected chi connectivity index (χ0v) is 10.3. The second-order valence-corrected chi connectivity index (χ2v) is 4.08. The first kappa shape index (κ1) is 13.3. The Hall–Kier alpha value is -1.75. The third-order valence-corrected chi connectivity index (χ3v) is 2.59. The van der Waals surface area contributed by atoms with Gasteiger partial charge in [0.25, 0.3) is 0 Å². The fraction of sp³-hybridized carbons (Fsp3) is 0.400. The molecule has 0 fully saturated rings. The zero-order valence-electron chi connectivity index (χ0n) is 10.3. The molecule has 1 aromatic carbocycles. The summed E-state index contributed by atoms with van der Waals surface area (Å²) >= 11 is 0. The van der Waals surface area contributed by atoms with Crippen molar-refractivity contribution >= 4 is 5.91 Å². The number of hydrogen-bond donors (Lipinski definition) is 1. The second-order valence-electron chi connectivity index (χ2n) is 4.08. The average molecular weight is 229 g/mol. The van der Waals surface area contributed by atoms with Crippen LogP contribution in [0.1, 0.15) is 30.9 Å². The third-order valence-electron chi connectivity index (χ3n) is 2.59. The predicted molar refractivity (Wildman–Crippen MR) is 70.6 cm³/mol. The lowest BCUT2D eigenvalue weighted by atomic mass is 10.0. The molecule has 0 atom stereocenters. The largest absolute Gasteiger partial charge is 0.345 e. The van der Waals surface area contributed by atoms with E-state index >= 15 is 0 Å². The number of rotatable bonds is 6. The van der Waals surface area contributed by atoms with Gasteiger partial charge in [-0.25, -0.2) is 0 Å². The minimum atomic E-state index is -0.0238. The van der Waals surface area contributed by atoms with Gasteiger partial charge in [0.05, 0.1) is 13.0 Å².